The summed E-state index contributed by atoms with van der Waals surface area (Å²) in [7, 11) is -1.75. The highest BCUT2D eigenvalue weighted by Crippen LogP contribution is 2.42. The second-order valence-electron chi connectivity index (χ2n) is 6.02. The molecule has 0 unspecified atom stereocenters. The van der Waals surface area contributed by atoms with Gasteiger partial charge in [0.15, 0.2) is 8.32 Å². The first kappa shape index (κ1) is 17.6. The number of aliphatic carboxylic acids is 1. The number of hydrogen-bond donors (Lipinski definition) is 1. The molecule has 0 heterocycles. The lowest BCUT2D eigenvalue weighted by molar-refractivity contribution is -0.137. The molecule has 3 nitrogen and oxygen atoms in total. The molecule has 0 amide bonds. The summed E-state index contributed by atoms with van der Waals surface area (Å²) in [5, 5.41) is 8.61. The van der Waals surface area contributed by atoms with E-state index in [0.717, 1.165) is 6.42 Å². The quantitative estimate of drug-likeness (QED) is 0.499. The number of carbonyl (C=O) groups is 1. The van der Waals surface area contributed by atoms with Gasteiger partial charge in [0.2, 0.25) is 0 Å². The van der Waals surface area contributed by atoms with Gasteiger partial charge in [-0.3, -0.25) is 4.79 Å². The highest BCUT2D eigenvalue weighted by molar-refractivity contribution is 6.77. The molecular weight excluding hydrogens is 244 g/mol. The van der Waals surface area contributed by atoms with Crippen LogP contribution in [0.25, 0.3) is 0 Å². The van der Waals surface area contributed by atoms with Crippen molar-refractivity contribution in [3.05, 3.63) is 0 Å². The molecule has 0 spiro atoms. The summed E-state index contributed by atoms with van der Waals surface area (Å²) < 4.78 is 6.34. The van der Waals surface area contributed by atoms with E-state index < -0.39 is 14.3 Å². The van der Waals surface area contributed by atoms with Crippen LogP contribution in [-0.4, -0.2) is 26.0 Å². The predicted octanol–water partition coefficient (Wildman–Crippen LogP) is 4.43. The van der Waals surface area contributed by atoms with Gasteiger partial charge in [0.25, 0.3) is 0 Å². The van der Waals surface area contributed by atoms with Gasteiger partial charge in [-0.05, 0) is 29.5 Å². The summed E-state index contributed by atoms with van der Waals surface area (Å²) in [5.74, 6) is -0.713. The molecule has 1 N–H and O–H groups in total. The zero-order chi connectivity index (χ0) is 14.3. The molecular formula is C14H30O3Si. The maximum absolute atomic E-state index is 10.5. The third kappa shape index (κ3) is 4.73. The summed E-state index contributed by atoms with van der Waals surface area (Å²) in [6.07, 6.45) is 1.82. The first-order valence-electron chi connectivity index (χ1n) is 7.10. The van der Waals surface area contributed by atoms with Crippen LogP contribution >= 0.6 is 0 Å². The molecule has 4 heteroatoms. The molecule has 0 rings (SSSR count). The van der Waals surface area contributed by atoms with Gasteiger partial charge in [-0.15, -0.1) is 0 Å². The molecule has 0 aromatic heterocycles. The monoisotopic (exact) mass is 274 g/mol. The van der Waals surface area contributed by atoms with Gasteiger partial charge in [-0.1, -0.05) is 41.5 Å². The number of unbranched alkanes of at least 4 members (excludes halogenated alkanes) is 1. The average Bonchev–Trinajstić information content (AvgIpc) is 2.20. The van der Waals surface area contributed by atoms with E-state index >= 15 is 0 Å². The molecule has 0 aliphatic rings. The van der Waals surface area contributed by atoms with Crippen molar-refractivity contribution < 1.29 is 14.3 Å². The Labute approximate surface area is 113 Å². The van der Waals surface area contributed by atoms with Crippen LogP contribution < -0.4 is 0 Å². The third-order valence-electron chi connectivity index (χ3n) is 3.84. The summed E-state index contributed by atoms with van der Waals surface area (Å²) in [4.78, 5) is 10.5. The Balaban J connectivity index is 4.39. The van der Waals surface area contributed by atoms with Crippen LogP contribution in [0.4, 0.5) is 0 Å². The number of hydrogen-bond acceptors (Lipinski definition) is 2. The van der Waals surface area contributed by atoms with Crippen molar-refractivity contribution in [2.75, 3.05) is 6.61 Å². The van der Waals surface area contributed by atoms with Crippen LogP contribution in [0.2, 0.25) is 16.6 Å². The van der Waals surface area contributed by atoms with E-state index in [9.17, 15) is 4.79 Å². The van der Waals surface area contributed by atoms with E-state index in [1.807, 2.05) is 0 Å². The first-order chi connectivity index (χ1) is 8.25. The molecule has 108 valence electrons. The average molecular weight is 274 g/mol. The molecule has 0 aliphatic carbocycles. The van der Waals surface area contributed by atoms with Gasteiger partial charge in [0.05, 0.1) is 0 Å². The lowest BCUT2D eigenvalue weighted by atomic mass is 10.2. The lowest BCUT2D eigenvalue weighted by Gasteiger charge is -2.42. The van der Waals surface area contributed by atoms with Gasteiger partial charge < -0.3 is 9.53 Å². The van der Waals surface area contributed by atoms with Crippen molar-refractivity contribution in [1.29, 1.82) is 0 Å². The van der Waals surface area contributed by atoms with Crippen molar-refractivity contribution in [2.45, 2.75) is 77.4 Å². The molecule has 0 saturated carbocycles. The van der Waals surface area contributed by atoms with E-state index in [0.29, 0.717) is 29.7 Å². The van der Waals surface area contributed by atoms with Crippen molar-refractivity contribution in [3.8, 4) is 0 Å². The molecule has 0 bridgehead atoms. The Bertz CT molecular complexity index is 228. The zero-order valence-corrected chi connectivity index (χ0v) is 13.8. The van der Waals surface area contributed by atoms with Gasteiger partial charge in [-0.25, -0.2) is 0 Å². The molecule has 18 heavy (non-hydrogen) atoms. The standard InChI is InChI=1S/C14H30O3Si/c1-11(2)18(12(3)4,13(5)6)17-10-8-7-9-14(15)16/h11-13H,7-10H2,1-6H3,(H,15,16). The van der Waals surface area contributed by atoms with Crippen LogP contribution in [0, 0.1) is 0 Å². The Kier molecular flexibility index (Phi) is 7.79. The fraction of sp³-hybridized carbons (Fsp3) is 0.929. The van der Waals surface area contributed by atoms with Crippen LogP contribution in [0.15, 0.2) is 0 Å². The Morgan fingerprint density at radius 2 is 1.44 bits per heavy atom. The summed E-state index contributed by atoms with van der Waals surface area (Å²) >= 11 is 0. The molecule has 0 aromatic carbocycles. The Morgan fingerprint density at radius 3 is 1.78 bits per heavy atom. The number of carboxylic acids is 1. The third-order valence-corrected chi connectivity index (χ3v) is 9.96. The highest BCUT2D eigenvalue weighted by Gasteiger charge is 2.44. The van der Waals surface area contributed by atoms with E-state index in [2.05, 4.69) is 41.5 Å². The maximum atomic E-state index is 10.5. The minimum atomic E-state index is -1.75. The van der Waals surface area contributed by atoms with Gasteiger partial charge >= 0.3 is 5.97 Å². The number of rotatable bonds is 9. The second-order valence-corrected chi connectivity index (χ2v) is 11.5. The van der Waals surface area contributed by atoms with Crippen LogP contribution in [0.5, 0.6) is 0 Å². The van der Waals surface area contributed by atoms with Crippen LogP contribution in [0.3, 0.4) is 0 Å². The van der Waals surface area contributed by atoms with Crippen molar-refractivity contribution in [2.24, 2.45) is 0 Å². The summed E-state index contributed by atoms with van der Waals surface area (Å²) in [6, 6.07) is 0. The molecule has 0 radical (unpaired) electrons. The maximum Gasteiger partial charge on any atom is 0.303 e. The van der Waals surface area contributed by atoms with E-state index in [1.165, 1.54) is 0 Å². The van der Waals surface area contributed by atoms with E-state index in [1.54, 1.807) is 0 Å². The molecule has 0 saturated heterocycles. The minimum absolute atomic E-state index is 0.253. The Morgan fingerprint density at radius 1 is 1.00 bits per heavy atom. The zero-order valence-electron chi connectivity index (χ0n) is 12.8. The predicted molar refractivity (Wildman–Crippen MR) is 78.5 cm³/mol. The van der Waals surface area contributed by atoms with Crippen molar-refractivity contribution >= 4 is 14.3 Å². The van der Waals surface area contributed by atoms with E-state index in [4.69, 9.17) is 9.53 Å². The normalized spacial score (nSPS) is 12.7. The van der Waals surface area contributed by atoms with E-state index in [-0.39, 0.29) is 6.42 Å². The second kappa shape index (κ2) is 7.95. The molecule has 0 aliphatic heterocycles. The summed E-state index contributed by atoms with van der Waals surface area (Å²) in [6.45, 7) is 14.3. The molecule has 0 fully saturated rings. The van der Waals surface area contributed by atoms with Crippen molar-refractivity contribution in [3.63, 3.8) is 0 Å². The fourth-order valence-electron chi connectivity index (χ4n) is 3.13. The van der Waals surface area contributed by atoms with Gasteiger partial charge in [0.1, 0.15) is 0 Å². The smallest absolute Gasteiger partial charge is 0.303 e. The SMILES string of the molecule is CC(C)[Si](OCCCCC(=O)O)(C(C)C)C(C)C. The molecule has 0 atom stereocenters. The fourth-order valence-corrected chi connectivity index (χ4v) is 8.63. The highest BCUT2D eigenvalue weighted by atomic mass is 28.4. The van der Waals surface area contributed by atoms with Crippen LogP contribution in [-0.2, 0) is 9.22 Å². The largest absolute Gasteiger partial charge is 0.481 e. The Hall–Kier alpha value is -0.353. The van der Waals surface area contributed by atoms with Gasteiger partial charge in [-0.2, -0.15) is 0 Å². The minimum Gasteiger partial charge on any atom is -0.481 e. The first-order valence-corrected chi connectivity index (χ1v) is 9.24. The van der Waals surface area contributed by atoms with Gasteiger partial charge in [0, 0.05) is 13.0 Å². The lowest BCUT2D eigenvalue weighted by Crippen LogP contribution is -2.47. The number of carboxylic acid groups (broad SMARTS) is 1. The van der Waals surface area contributed by atoms with Crippen molar-refractivity contribution in [1.82, 2.24) is 0 Å². The summed E-state index contributed by atoms with van der Waals surface area (Å²) in [5.41, 5.74) is 1.78. The molecule has 0 aromatic rings. The van der Waals surface area contributed by atoms with Crippen LogP contribution in [0.1, 0.15) is 60.8 Å². The topological polar surface area (TPSA) is 46.5 Å².